The highest BCUT2D eigenvalue weighted by molar-refractivity contribution is 5.91. The van der Waals surface area contributed by atoms with Crippen molar-refractivity contribution < 1.29 is 14.3 Å². The summed E-state index contributed by atoms with van der Waals surface area (Å²) >= 11 is 0. The van der Waals surface area contributed by atoms with Gasteiger partial charge in [-0.15, -0.1) is 12.4 Å². The number of nitrogen functional groups attached to an aromatic ring is 1. The molecule has 28 heavy (non-hydrogen) atoms. The standard InChI is InChI=1S/C22H28N2O3.ClH/c1-16-6-8-19(14-21(16)27-15-17-10-12-26-13-11-17)24-22(25)9-7-18-4-2-3-5-20(18)23;/h2-6,8,14,17H,7,9-13,15,23H2,1H3,(H,24,25);1H. The van der Waals surface area contributed by atoms with Crippen LogP contribution in [0, 0.1) is 12.8 Å². The van der Waals surface area contributed by atoms with Crippen LogP contribution in [0.4, 0.5) is 11.4 Å². The fraction of sp³-hybridized carbons (Fsp3) is 0.409. The van der Waals surface area contributed by atoms with E-state index in [-0.39, 0.29) is 18.3 Å². The Balaban J connectivity index is 0.00000280. The van der Waals surface area contributed by atoms with Crippen LogP contribution in [-0.2, 0) is 16.0 Å². The largest absolute Gasteiger partial charge is 0.493 e. The average Bonchev–Trinajstić information content (AvgIpc) is 2.68. The number of anilines is 2. The number of benzene rings is 2. The van der Waals surface area contributed by atoms with Crippen molar-refractivity contribution in [1.82, 2.24) is 0 Å². The van der Waals surface area contributed by atoms with E-state index in [0.29, 0.717) is 25.4 Å². The number of amides is 1. The lowest BCUT2D eigenvalue weighted by Gasteiger charge is -2.22. The number of halogens is 1. The van der Waals surface area contributed by atoms with Gasteiger partial charge in [0.1, 0.15) is 5.75 Å². The number of nitrogens with one attached hydrogen (secondary N) is 1. The molecule has 1 amide bonds. The summed E-state index contributed by atoms with van der Waals surface area (Å²) in [6.45, 7) is 4.34. The second-order valence-corrected chi connectivity index (χ2v) is 7.09. The van der Waals surface area contributed by atoms with E-state index in [9.17, 15) is 4.79 Å². The molecule has 3 rings (SSSR count). The van der Waals surface area contributed by atoms with Crippen LogP contribution in [0.2, 0.25) is 0 Å². The van der Waals surface area contributed by atoms with Gasteiger partial charge in [-0.25, -0.2) is 0 Å². The van der Waals surface area contributed by atoms with Crippen LogP contribution in [0.25, 0.3) is 0 Å². The summed E-state index contributed by atoms with van der Waals surface area (Å²) in [5.74, 6) is 1.33. The molecular formula is C22H29ClN2O3. The van der Waals surface area contributed by atoms with Crippen molar-refractivity contribution in [2.24, 2.45) is 5.92 Å². The molecule has 6 heteroatoms. The van der Waals surface area contributed by atoms with Gasteiger partial charge < -0.3 is 20.5 Å². The number of aryl methyl sites for hydroxylation is 2. The van der Waals surface area contributed by atoms with Gasteiger partial charge in [-0.2, -0.15) is 0 Å². The summed E-state index contributed by atoms with van der Waals surface area (Å²) < 4.78 is 11.4. The first kappa shape index (κ1) is 22.1. The third-order valence-electron chi connectivity index (χ3n) is 4.96. The van der Waals surface area contributed by atoms with Crippen LogP contribution >= 0.6 is 12.4 Å². The number of rotatable bonds is 7. The second-order valence-electron chi connectivity index (χ2n) is 7.09. The lowest BCUT2D eigenvalue weighted by molar-refractivity contribution is -0.116. The van der Waals surface area contributed by atoms with Crippen LogP contribution in [0.5, 0.6) is 5.75 Å². The Morgan fingerprint density at radius 1 is 1.21 bits per heavy atom. The molecule has 2 aromatic carbocycles. The zero-order valence-corrected chi connectivity index (χ0v) is 17.1. The van der Waals surface area contributed by atoms with E-state index >= 15 is 0 Å². The molecule has 1 heterocycles. The van der Waals surface area contributed by atoms with Crippen molar-refractivity contribution in [2.75, 3.05) is 30.9 Å². The molecule has 5 nitrogen and oxygen atoms in total. The van der Waals surface area contributed by atoms with Gasteiger partial charge in [0.05, 0.1) is 6.61 Å². The van der Waals surface area contributed by atoms with E-state index in [1.807, 2.05) is 49.4 Å². The third-order valence-corrected chi connectivity index (χ3v) is 4.96. The summed E-state index contributed by atoms with van der Waals surface area (Å²) in [7, 11) is 0. The maximum atomic E-state index is 12.3. The minimum absolute atomic E-state index is 0. The number of carbonyl (C=O) groups is 1. The van der Waals surface area contributed by atoms with Crippen LogP contribution in [-0.4, -0.2) is 25.7 Å². The lowest BCUT2D eigenvalue weighted by atomic mass is 10.0. The Morgan fingerprint density at radius 3 is 2.71 bits per heavy atom. The molecule has 0 aliphatic carbocycles. The molecule has 0 saturated carbocycles. The van der Waals surface area contributed by atoms with Crippen molar-refractivity contribution in [3.05, 3.63) is 53.6 Å². The molecule has 1 aliphatic rings. The lowest BCUT2D eigenvalue weighted by Crippen LogP contribution is -2.21. The van der Waals surface area contributed by atoms with Gasteiger partial charge in [-0.1, -0.05) is 24.3 Å². The molecule has 0 aromatic heterocycles. The van der Waals surface area contributed by atoms with Gasteiger partial charge in [0.2, 0.25) is 5.91 Å². The van der Waals surface area contributed by atoms with Gasteiger partial charge in [-0.3, -0.25) is 4.79 Å². The van der Waals surface area contributed by atoms with Crippen molar-refractivity contribution >= 4 is 29.7 Å². The van der Waals surface area contributed by atoms with Gasteiger partial charge in [-0.05, 0) is 55.4 Å². The van der Waals surface area contributed by atoms with Gasteiger partial charge in [0.25, 0.3) is 0 Å². The van der Waals surface area contributed by atoms with Crippen molar-refractivity contribution in [1.29, 1.82) is 0 Å². The normalized spacial score (nSPS) is 14.2. The van der Waals surface area contributed by atoms with E-state index in [1.165, 1.54) is 0 Å². The summed E-state index contributed by atoms with van der Waals surface area (Å²) in [6.07, 6.45) is 3.09. The predicted octanol–water partition coefficient (Wildman–Crippen LogP) is 4.38. The molecule has 1 aliphatic heterocycles. The third kappa shape index (κ3) is 6.43. The Bertz CT molecular complexity index is 776. The minimum Gasteiger partial charge on any atom is -0.493 e. The number of ether oxygens (including phenoxy) is 2. The highest BCUT2D eigenvalue weighted by atomic mass is 35.5. The number of hydrogen-bond donors (Lipinski definition) is 2. The van der Waals surface area contributed by atoms with Crippen LogP contribution in [0.15, 0.2) is 42.5 Å². The highest BCUT2D eigenvalue weighted by Crippen LogP contribution is 2.25. The van der Waals surface area contributed by atoms with Crippen molar-refractivity contribution in [2.45, 2.75) is 32.6 Å². The molecule has 2 aromatic rings. The highest BCUT2D eigenvalue weighted by Gasteiger charge is 2.15. The first-order valence-corrected chi connectivity index (χ1v) is 9.56. The maximum Gasteiger partial charge on any atom is 0.224 e. The molecule has 1 fully saturated rings. The Kier molecular flexibility index (Phi) is 8.61. The maximum absolute atomic E-state index is 12.3. The zero-order valence-electron chi connectivity index (χ0n) is 16.3. The van der Waals surface area contributed by atoms with E-state index in [1.54, 1.807) is 0 Å². The second kappa shape index (κ2) is 10.9. The first-order chi connectivity index (χ1) is 13.1. The molecule has 152 valence electrons. The van der Waals surface area contributed by atoms with Crippen molar-refractivity contribution in [3.63, 3.8) is 0 Å². The number of hydrogen-bond acceptors (Lipinski definition) is 4. The van der Waals surface area contributed by atoms with E-state index in [2.05, 4.69) is 5.32 Å². The molecule has 1 saturated heterocycles. The summed E-state index contributed by atoms with van der Waals surface area (Å²) in [4.78, 5) is 12.3. The van der Waals surface area contributed by atoms with Gasteiger partial charge in [0.15, 0.2) is 0 Å². The predicted molar refractivity (Wildman–Crippen MR) is 115 cm³/mol. The first-order valence-electron chi connectivity index (χ1n) is 9.56. The molecule has 0 radical (unpaired) electrons. The van der Waals surface area contributed by atoms with Crippen molar-refractivity contribution in [3.8, 4) is 5.75 Å². The molecule has 0 atom stereocenters. The SMILES string of the molecule is Cc1ccc(NC(=O)CCc2ccccc2N)cc1OCC1CCOCC1.Cl. The summed E-state index contributed by atoms with van der Waals surface area (Å²) in [6, 6.07) is 13.4. The number of nitrogens with two attached hydrogens (primary N) is 1. The molecule has 0 unspecified atom stereocenters. The Morgan fingerprint density at radius 2 is 1.96 bits per heavy atom. The van der Waals surface area contributed by atoms with E-state index in [0.717, 1.165) is 54.3 Å². The Hall–Kier alpha value is -2.24. The van der Waals surface area contributed by atoms with Crippen LogP contribution < -0.4 is 15.8 Å². The van der Waals surface area contributed by atoms with E-state index < -0.39 is 0 Å². The summed E-state index contributed by atoms with van der Waals surface area (Å²) in [5, 5.41) is 2.96. The van der Waals surface area contributed by atoms with Gasteiger partial charge >= 0.3 is 0 Å². The summed E-state index contributed by atoms with van der Waals surface area (Å²) in [5.41, 5.74) is 9.48. The van der Waals surface area contributed by atoms with Crippen LogP contribution in [0.3, 0.4) is 0 Å². The quantitative estimate of drug-likeness (QED) is 0.672. The number of carbonyl (C=O) groups excluding carboxylic acids is 1. The topological polar surface area (TPSA) is 73.6 Å². The molecule has 0 bridgehead atoms. The smallest absolute Gasteiger partial charge is 0.224 e. The van der Waals surface area contributed by atoms with Gasteiger partial charge in [0, 0.05) is 37.1 Å². The van der Waals surface area contributed by atoms with Crippen LogP contribution in [0.1, 0.15) is 30.4 Å². The minimum atomic E-state index is -0.0301. The zero-order chi connectivity index (χ0) is 19.1. The fourth-order valence-corrected chi connectivity index (χ4v) is 3.19. The molecule has 3 N–H and O–H groups in total. The number of para-hydroxylation sites is 1. The molecule has 0 spiro atoms. The Labute approximate surface area is 173 Å². The average molecular weight is 405 g/mol. The fourth-order valence-electron chi connectivity index (χ4n) is 3.19. The monoisotopic (exact) mass is 404 g/mol. The van der Waals surface area contributed by atoms with E-state index in [4.69, 9.17) is 15.2 Å². The molecular weight excluding hydrogens is 376 g/mol.